The van der Waals surface area contributed by atoms with E-state index in [9.17, 15) is 23.5 Å². The Bertz CT molecular complexity index is 1170. The summed E-state index contributed by atoms with van der Waals surface area (Å²) in [4.78, 5) is 31.8. The molecule has 3 N–H and O–H groups in total. The van der Waals surface area contributed by atoms with Gasteiger partial charge in [0.25, 0.3) is 18.2 Å². The lowest BCUT2D eigenvalue weighted by molar-refractivity contribution is -0.135. The van der Waals surface area contributed by atoms with Crippen molar-refractivity contribution < 1.29 is 28.2 Å². The number of hydrogen-bond donors (Lipinski definition) is 3. The van der Waals surface area contributed by atoms with E-state index in [4.69, 9.17) is 27.9 Å². The van der Waals surface area contributed by atoms with Crippen molar-refractivity contribution >= 4 is 40.8 Å². The molecule has 2 aromatic rings. The number of carbonyl (C=O) groups is 2. The fourth-order valence-corrected chi connectivity index (χ4v) is 5.55. The number of benzene rings is 1. The molecule has 4 rings (SSSR count). The summed E-state index contributed by atoms with van der Waals surface area (Å²) in [5.41, 5.74) is -0.567. The van der Waals surface area contributed by atoms with Gasteiger partial charge in [-0.3, -0.25) is 9.59 Å². The molecule has 3 heterocycles. The summed E-state index contributed by atoms with van der Waals surface area (Å²) in [6, 6.07) is 6.57. The minimum absolute atomic E-state index is 0.0628. The molecule has 8 nitrogen and oxygen atoms in total. The Morgan fingerprint density at radius 3 is 2.45 bits per heavy atom. The molecule has 1 aromatic heterocycles. The fraction of sp³-hybridized carbons (Fsp3) is 0.500. The lowest BCUT2D eigenvalue weighted by atomic mass is 9.96. The SMILES string of the molecule is CC(C)(Oc1cc(CO)c(Cl)cc1Cl)C(=O)N[C@H]1C[C@H]2CC[C@@H](C1)N2c1ccc(C(=O)NCC(F)F)cn1. The van der Waals surface area contributed by atoms with Crippen molar-refractivity contribution in [3.63, 3.8) is 0 Å². The Labute approximate surface area is 229 Å². The van der Waals surface area contributed by atoms with Gasteiger partial charge < -0.3 is 25.4 Å². The first-order valence-electron chi connectivity index (χ1n) is 12.4. The Kier molecular flexibility index (Phi) is 8.64. The summed E-state index contributed by atoms with van der Waals surface area (Å²) in [5.74, 6) is 0.0937. The molecular weight excluding hydrogens is 541 g/mol. The number of rotatable bonds is 9. The molecule has 2 aliphatic rings. The summed E-state index contributed by atoms with van der Waals surface area (Å²) in [6.07, 6.45) is 2.10. The number of amides is 2. The highest BCUT2D eigenvalue weighted by Gasteiger charge is 2.43. The third kappa shape index (κ3) is 6.30. The second-order valence-corrected chi connectivity index (χ2v) is 10.9. The molecule has 0 saturated carbocycles. The molecule has 2 amide bonds. The van der Waals surface area contributed by atoms with E-state index in [0.29, 0.717) is 29.2 Å². The third-order valence-electron chi connectivity index (χ3n) is 6.94. The van der Waals surface area contributed by atoms with Gasteiger partial charge in [-0.05, 0) is 69.4 Å². The van der Waals surface area contributed by atoms with Crippen LogP contribution in [0.5, 0.6) is 5.75 Å². The number of anilines is 1. The van der Waals surface area contributed by atoms with Crippen molar-refractivity contribution in [3.05, 3.63) is 51.6 Å². The highest BCUT2D eigenvalue weighted by atomic mass is 35.5. The maximum atomic E-state index is 13.2. The summed E-state index contributed by atoms with van der Waals surface area (Å²) in [7, 11) is 0. The van der Waals surface area contributed by atoms with Gasteiger partial charge in [-0.15, -0.1) is 0 Å². The smallest absolute Gasteiger partial charge is 0.263 e. The number of ether oxygens (including phenoxy) is 1. The van der Waals surface area contributed by atoms with E-state index < -0.39 is 24.5 Å². The minimum atomic E-state index is -2.62. The molecule has 2 fully saturated rings. The van der Waals surface area contributed by atoms with Gasteiger partial charge in [0.2, 0.25) is 0 Å². The molecule has 2 aliphatic heterocycles. The molecule has 38 heavy (non-hydrogen) atoms. The summed E-state index contributed by atoms with van der Waals surface area (Å²) in [6.45, 7) is 2.31. The Balaban J connectivity index is 1.37. The van der Waals surface area contributed by atoms with Crippen molar-refractivity contribution in [2.75, 3.05) is 11.4 Å². The molecule has 3 atom stereocenters. The quantitative estimate of drug-likeness (QED) is 0.414. The van der Waals surface area contributed by atoms with Crippen LogP contribution in [0.4, 0.5) is 14.6 Å². The largest absolute Gasteiger partial charge is 0.476 e. The summed E-state index contributed by atoms with van der Waals surface area (Å²) >= 11 is 12.3. The average Bonchev–Trinajstić information content (AvgIpc) is 3.14. The van der Waals surface area contributed by atoms with Crippen LogP contribution in [0.2, 0.25) is 10.0 Å². The van der Waals surface area contributed by atoms with Crippen molar-refractivity contribution in [3.8, 4) is 5.75 Å². The van der Waals surface area contributed by atoms with Gasteiger partial charge in [-0.1, -0.05) is 23.2 Å². The van der Waals surface area contributed by atoms with Gasteiger partial charge in [-0.25, -0.2) is 13.8 Å². The van der Waals surface area contributed by atoms with E-state index in [1.807, 2.05) is 0 Å². The molecule has 0 radical (unpaired) electrons. The number of nitrogens with one attached hydrogen (secondary N) is 2. The van der Waals surface area contributed by atoms with Crippen LogP contribution < -0.4 is 20.3 Å². The first kappa shape index (κ1) is 28.3. The van der Waals surface area contributed by atoms with Crippen molar-refractivity contribution in [2.45, 2.75) is 76.3 Å². The Hall–Kier alpha value is -2.69. The molecule has 0 spiro atoms. The van der Waals surface area contributed by atoms with E-state index >= 15 is 0 Å². The monoisotopic (exact) mass is 570 g/mol. The molecule has 2 saturated heterocycles. The van der Waals surface area contributed by atoms with E-state index in [-0.39, 0.29) is 47.0 Å². The lowest BCUT2D eigenvalue weighted by Gasteiger charge is -2.40. The lowest BCUT2D eigenvalue weighted by Crippen LogP contribution is -2.55. The highest BCUT2D eigenvalue weighted by molar-refractivity contribution is 6.36. The normalized spacial score (nSPS) is 20.9. The summed E-state index contributed by atoms with van der Waals surface area (Å²) < 4.78 is 30.7. The molecule has 0 unspecified atom stereocenters. The van der Waals surface area contributed by atoms with Gasteiger partial charge in [0.05, 0.1) is 23.7 Å². The fourth-order valence-electron chi connectivity index (χ4n) is 5.07. The number of aliphatic hydroxyl groups is 1. The number of nitrogens with zero attached hydrogens (tertiary/aromatic N) is 2. The number of carbonyl (C=O) groups excluding carboxylic acids is 2. The maximum Gasteiger partial charge on any atom is 0.263 e. The van der Waals surface area contributed by atoms with E-state index in [1.165, 1.54) is 18.3 Å². The van der Waals surface area contributed by atoms with E-state index in [2.05, 4.69) is 20.5 Å². The topological polar surface area (TPSA) is 104 Å². The van der Waals surface area contributed by atoms with Gasteiger partial charge >= 0.3 is 0 Å². The molecule has 1 aromatic carbocycles. The maximum absolute atomic E-state index is 13.2. The number of aliphatic hydroxyl groups excluding tert-OH is 1. The average molecular weight is 571 g/mol. The number of fused-ring (bicyclic) bond motifs is 2. The first-order valence-corrected chi connectivity index (χ1v) is 13.1. The predicted octanol–water partition coefficient (Wildman–Crippen LogP) is 4.35. The van der Waals surface area contributed by atoms with Crippen LogP contribution >= 0.6 is 23.2 Å². The van der Waals surface area contributed by atoms with E-state index in [1.54, 1.807) is 26.0 Å². The van der Waals surface area contributed by atoms with Gasteiger partial charge in [0.15, 0.2) is 5.60 Å². The third-order valence-corrected chi connectivity index (χ3v) is 7.59. The zero-order valence-corrected chi connectivity index (χ0v) is 22.5. The van der Waals surface area contributed by atoms with Crippen LogP contribution in [0, 0.1) is 0 Å². The standard InChI is InChI=1S/C26H30Cl2F2N4O4/c1-26(2,38-21-7-15(13-35)19(27)10-20(21)28)25(37)33-16-8-17-4-5-18(9-16)34(17)23-6-3-14(11-31-23)24(36)32-12-22(29)30/h3,6-7,10-11,16-18,22,35H,4-5,8-9,12-13H2,1-2H3,(H,32,36)(H,33,37)/t16-,17+,18-. The van der Waals surface area contributed by atoms with Crippen LogP contribution in [0.25, 0.3) is 0 Å². The van der Waals surface area contributed by atoms with Crippen LogP contribution in [0.1, 0.15) is 55.5 Å². The van der Waals surface area contributed by atoms with Crippen LogP contribution in [0.3, 0.4) is 0 Å². The van der Waals surface area contributed by atoms with Crippen LogP contribution in [-0.2, 0) is 11.4 Å². The molecule has 0 aliphatic carbocycles. The minimum Gasteiger partial charge on any atom is -0.476 e. The van der Waals surface area contributed by atoms with E-state index in [0.717, 1.165) is 12.8 Å². The van der Waals surface area contributed by atoms with Crippen LogP contribution in [0.15, 0.2) is 30.5 Å². The van der Waals surface area contributed by atoms with Gasteiger partial charge in [0.1, 0.15) is 11.6 Å². The van der Waals surface area contributed by atoms with Crippen molar-refractivity contribution in [1.29, 1.82) is 0 Å². The van der Waals surface area contributed by atoms with Crippen LogP contribution in [-0.4, -0.2) is 58.6 Å². The zero-order chi connectivity index (χ0) is 27.6. The highest BCUT2D eigenvalue weighted by Crippen LogP contribution is 2.39. The molecule has 12 heteroatoms. The number of alkyl halides is 2. The van der Waals surface area contributed by atoms with Crippen molar-refractivity contribution in [2.24, 2.45) is 0 Å². The molecule has 2 bridgehead atoms. The number of aromatic nitrogens is 1. The van der Waals surface area contributed by atoms with Gasteiger partial charge in [0, 0.05) is 29.3 Å². The Morgan fingerprint density at radius 2 is 1.87 bits per heavy atom. The second-order valence-electron chi connectivity index (χ2n) is 10.1. The number of pyridine rings is 1. The molecule has 206 valence electrons. The molecular formula is C26H30Cl2F2N4O4. The first-order chi connectivity index (χ1) is 18.0. The van der Waals surface area contributed by atoms with Gasteiger partial charge in [-0.2, -0.15) is 0 Å². The Morgan fingerprint density at radius 1 is 1.18 bits per heavy atom. The van der Waals surface area contributed by atoms with Crippen molar-refractivity contribution in [1.82, 2.24) is 15.6 Å². The number of hydrogen-bond acceptors (Lipinski definition) is 6. The number of piperidine rings is 1. The zero-order valence-electron chi connectivity index (χ0n) is 21.0. The number of halogens is 4. The second kappa shape index (κ2) is 11.6. The summed E-state index contributed by atoms with van der Waals surface area (Å²) in [5, 5.41) is 15.3. The predicted molar refractivity (Wildman–Crippen MR) is 140 cm³/mol.